The Kier molecular flexibility index (Phi) is 5.32. The summed E-state index contributed by atoms with van der Waals surface area (Å²) in [6.07, 6.45) is 2.98. The number of aromatic hydroxyl groups is 1. The van der Waals surface area contributed by atoms with Gasteiger partial charge < -0.3 is 5.11 Å². The molecule has 0 spiro atoms. The first-order valence-electron chi connectivity index (χ1n) is 8.65. The van der Waals surface area contributed by atoms with Crippen LogP contribution in [0.4, 0.5) is 0 Å². The van der Waals surface area contributed by atoms with Gasteiger partial charge in [-0.25, -0.2) is 4.98 Å². The van der Waals surface area contributed by atoms with E-state index < -0.39 is 0 Å². The lowest BCUT2D eigenvalue weighted by Gasteiger charge is -2.15. The zero-order chi connectivity index (χ0) is 18.5. The predicted octanol–water partition coefficient (Wildman–Crippen LogP) is 3.90. The first kappa shape index (κ1) is 17.7. The molecule has 3 rings (SSSR count). The maximum absolute atomic E-state index is 13.1. The smallest absolute Gasteiger partial charge is 0.257 e. The van der Waals surface area contributed by atoms with E-state index in [4.69, 9.17) is 0 Å². The Bertz CT molecular complexity index is 975. The molecule has 0 amide bonds. The van der Waals surface area contributed by atoms with Crippen LogP contribution in [0.15, 0.2) is 72.0 Å². The van der Waals surface area contributed by atoms with E-state index in [1.54, 1.807) is 35.8 Å². The van der Waals surface area contributed by atoms with Crippen LogP contribution in [0.1, 0.15) is 17.0 Å². The molecule has 0 atom stereocenters. The van der Waals surface area contributed by atoms with E-state index in [2.05, 4.69) is 11.6 Å². The summed E-state index contributed by atoms with van der Waals surface area (Å²) in [6, 6.07) is 17.0. The van der Waals surface area contributed by atoms with Gasteiger partial charge in [0, 0.05) is 17.7 Å². The Morgan fingerprint density at radius 3 is 2.46 bits per heavy atom. The highest BCUT2D eigenvalue weighted by molar-refractivity contribution is 5.69. The SMILES string of the molecule is C=CCn1c(C)nc(-c2ccccc2O)c(CCc2ccccc2)c1=O. The number of hydrogen-bond acceptors (Lipinski definition) is 3. The summed E-state index contributed by atoms with van der Waals surface area (Å²) in [5.74, 6) is 0.734. The second-order valence-electron chi connectivity index (χ2n) is 6.19. The molecule has 1 heterocycles. The molecular formula is C22H22N2O2. The van der Waals surface area contributed by atoms with Crippen LogP contribution in [-0.2, 0) is 19.4 Å². The number of phenolic OH excluding ortho intramolecular Hbond substituents is 1. The molecule has 3 aromatic rings. The van der Waals surface area contributed by atoms with Gasteiger partial charge in [0.2, 0.25) is 0 Å². The number of aromatic nitrogens is 2. The molecule has 0 saturated carbocycles. The van der Waals surface area contributed by atoms with Gasteiger partial charge in [-0.15, -0.1) is 6.58 Å². The van der Waals surface area contributed by atoms with Crippen molar-refractivity contribution in [2.75, 3.05) is 0 Å². The molecule has 2 aromatic carbocycles. The lowest BCUT2D eigenvalue weighted by atomic mass is 9.99. The minimum atomic E-state index is -0.0772. The van der Waals surface area contributed by atoms with Crippen LogP contribution in [0.3, 0.4) is 0 Å². The summed E-state index contributed by atoms with van der Waals surface area (Å²) >= 11 is 0. The van der Waals surface area contributed by atoms with Crippen molar-refractivity contribution in [3.8, 4) is 17.0 Å². The number of phenols is 1. The lowest BCUT2D eigenvalue weighted by Crippen LogP contribution is -2.28. The van der Waals surface area contributed by atoms with E-state index in [9.17, 15) is 9.90 Å². The monoisotopic (exact) mass is 346 g/mol. The van der Waals surface area contributed by atoms with Gasteiger partial charge in [0.05, 0.1) is 5.69 Å². The summed E-state index contributed by atoms with van der Waals surface area (Å²) in [7, 11) is 0. The molecule has 4 heteroatoms. The fourth-order valence-electron chi connectivity index (χ4n) is 3.08. The van der Waals surface area contributed by atoms with Crippen molar-refractivity contribution in [2.24, 2.45) is 0 Å². The highest BCUT2D eigenvalue weighted by Crippen LogP contribution is 2.29. The van der Waals surface area contributed by atoms with Gasteiger partial charge in [0.25, 0.3) is 5.56 Å². The van der Waals surface area contributed by atoms with Gasteiger partial charge in [0.15, 0.2) is 0 Å². The summed E-state index contributed by atoms with van der Waals surface area (Å²) in [4.78, 5) is 17.8. The number of benzene rings is 2. The summed E-state index contributed by atoms with van der Waals surface area (Å²) < 4.78 is 1.62. The van der Waals surface area contributed by atoms with Crippen LogP contribution in [0, 0.1) is 6.92 Å². The highest BCUT2D eigenvalue weighted by atomic mass is 16.3. The zero-order valence-electron chi connectivity index (χ0n) is 14.9. The van der Waals surface area contributed by atoms with Gasteiger partial charge in [0.1, 0.15) is 11.6 Å². The third-order valence-corrected chi connectivity index (χ3v) is 4.43. The zero-order valence-corrected chi connectivity index (χ0v) is 14.9. The van der Waals surface area contributed by atoms with E-state index in [1.807, 2.05) is 36.4 Å². The molecule has 132 valence electrons. The molecule has 0 radical (unpaired) electrons. The summed E-state index contributed by atoms with van der Waals surface area (Å²) in [5.41, 5.74) is 2.84. The van der Waals surface area contributed by atoms with Gasteiger partial charge in [-0.05, 0) is 37.5 Å². The topological polar surface area (TPSA) is 55.1 Å². The number of hydrogen-bond donors (Lipinski definition) is 1. The van der Waals surface area contributed by atoms with Gasteiger partial charge >= 0.3 is 0 Å². The van der Waals surface area contributed by atoms with E-state index in [-0.39, 0.29) is 11.3 Å². The Morgan fingerprint density at radius 1 is 1.08 bits per heavy atom. The normalized spacial score (nSPS) is 10.7. The highest BCUT2D eigenvalue weighted by Gasteiger charge is 2.17. The quantitative estimate of drug-likeness (QED) is 0.689. The maximum atomic E-state index is 13.1. The van der Waals surface area contributed by atoms with Crippen LogP contribution in [0.2, 0.25) is 0 Å². The number of rotatable bonds is 6. The molecule has 1 aromatic heterocycles. The van der Waals surface area contributed by atoms with Crippen LogP contribution >= 0.6 is 0 Å². The van der Waals surface area contributed by atoms with Crippen LogP contribution < -0.4 is 5.56 Å². The van der Waals surface area contributed by atoms with E-state index >= 15 is 0 Å². The largest absolute Gasteiger partial charge is 0.507 e. The van der Waals surface area contributed by atoms with E-state index in [0.717, 1.165) is 12.0 Å². The lowest BCUT2D eigenvalue weighted by molar-refractivity contribution is 0.477. The molecule has 0 aliphatic carbocycles. The molecule has 1 N–H and O–H groups in total. The van der Waals surface area contributed by atoms with Crippen molar-refractivity contribution in [2.45, 2.75) is 26.3 Å². The number of aryl methyl sites for hydroxylation is 2. The molecular weight excluding hydrogens is 324 g/mol. The minimum absolute atomic E-state index is 0.0772. The molecule has 0 aliphatic heterocycles. The van der Waals surface area contributed by atoms with Gasteiger partial charge in [-0.2, -0.15) is 0 Å². The van der Waals surface area contributed by atoms with E-state index in [0.29, 0.717) is 35.6 Å². The van der Waals surface area contributed by atoms with Crippen LogP contribution in [0.25, 0.3) is 11.3 Å². The number of para-hydroxylation sites is 1. The first-order chi connectivity index (χ1) is 12.6. The third kappa shape index (κ3) is 3.59. The van der Waals surface area contributed by atoms with Gasteiger partial charge in [-0.1, -0.05) is 48.5 Å². The third-order valence-electron chi connectivity index (χ3n) is 4.43. The summed E-state index contributed by atoms with van der Waals surface area (Å²) in [6.45, 7) is 5.94. The molecule has 0 bridgehead atoms. The van der Waals surface area contributed by atoms with Crippen molar-refractivity contribution in [3.05, 3.63) is 94.6 Å². The van der Waals surface area contributed by atoms with Gasteiger partial charge in [-0.3, -0.25) is 9.36 Å². The predicted molar refractivity (Wildman–Crippen MR) is 104 cm³/mol. The minimum Gasteiger partial charge on any atom is -0.507 e. The van der Waals surface area contributed by atoms with Crippen molar-refractivity contribution < 1.29 is 5.11 Å². The fraction of sp³-hybridized carbons (Fsp3) is 0.182. The van der Waals surface area contributed by atoms with Crippen molar-refractivity contribution in [1.29, 1.82) is 0 Å². The first-order valence-corrected chi connectivity index (χ1v) is 8.65. The second-order valence-corrected chi connectivity index (χ2v) is 6.19. The molecule has 0 saturated heterocycles. The maximum Gasteiger partial charge on any atom is 0.257 e. The Hall–Kier alpha value is -3.14. The Balaban J connectivity index is 2.12. The second kappa shape index (κ2) is 7.83. The average molecular weight is 346 g/mol. The van der Waals surface area contributed by atoms with Crippen molar-refractivity contribution in [3.63, 3.8) is 0 Å². The fourth-order valence-corrected chi connectivity index (χ4v) is 3.08. The van der Waals surface area contributed by atoms with Crippen molar-refractivity contribution in [1.82, 2.24) is 9.55 Å². The number of nitrogens with zero attached hydrogens (tertiary/aromatic N) is 2. The molecule has 26 heavy (non-hydrogen) atoms. The Morgan fingerprint density at radius 2 is 1.77 bits per heavy atom. The Labute approximate surface area is 153 Å². The summed E-state index contributed by atoms with van der Waals surface area (Å²) in [5, 5.41) is 10.3. The molecule has 0 unspecified atom stereocenters. The van der Waals surface area contributed by atoms with E-state index in [1.165, 1.54) is 0 Å². The van der Waals surface area contributed by atoms with Crippen molar-refractivity contribution >= 4 is 0 Å². The van der Waals surface area contributed by atoms with Crippen LogP contribution in [-0.4, -0.2) is 14.7 Å². The molecule has 0 aliphatic rings. The standard InChI is InChI=1S/C22H22N2O2/c1-3-15-24-16(2)23-21(18-11-7-8-12-20(18)25)19(22(24)26)14-13-17-9-5-4-6-10-17/h3-12,25H,1,13-15H2,2H3. The molecule has 4 nitrogen and oxygen atoms in total. The molecule has 0 fully saturated rings. The average Bonchev–Trinajstić information content (AvgIpc) is 2.65. The number of allylic oxidation sites excluding steroid dienone is 1. The van der Waals surface area contributed by atoms with Crippen LogP contribution in [0.5, 0.6) is 5.75 Å².